The normalized spacial score (nSPS) is 14.0. The molecule has 1 N–H and O–H groups in total. The molecule has 1 aliphatic rings. The molecule has 1 aliphatic heterocycles. The second kappa shape index (κ2) is 9.54. The van der Waals surface area contributed by atoms with Crippen LogP contribution in [0.2, 0.25) is 5.02 Å². The number of ether oxygens (including phenoxy) is 2. The highest BCUT2D eigenvalue weighted by atomic mass is 35.5. The van der Waals surface area contributed by atoms with Gasteiger partial charge in [-0.15, -0.1) is 0 Å². The average Bonchev–Trinajstić information content (AvgIpc) is 3.31. The van der Waals surface area contributed by atoms with Crippen molar-refractivity contribution in [2.75, 3.05) is 38.7 Å². The van der Waals surface area contributed by atoms with Crippen LogP contribution in [-0.2, 0) is 4.74 Å². The lowest BCUT2D eigenvalue weighted by Crippen LogP contribution is -2.40. The van der Waals surface area contributed by atoms with Gasteiger partial charge in [0, 0.05) is 36.5 Å². The summed E-state index contributed by atoms with van der Waals surface area (Å²) in [5, 5.41) is 7.94. The Balaban J connectivity index is 1.57. The van der Waals surface area contributed by atoms with Gasteiger partial charge >= 0.3 is 0 Å². The van der Waals surface area contributed by atoms with Crippen LogP contribution in [0.4, 0.5) is 11.6 Å². The first-order chi connectivity index (χ1) is 15.5. The number of methoxy groups -OCH3 is 1. The first-order valence-electron chi connectivity index (χ1n) is 10.4. The number of rotatable bonds is 6. The summed E-state index contributed by atoms with van der Waals surface area (Å²) in [6.45, 7) is 6.35. The van der Waals surface area contributed by atoms with E-state index < -0.39 is 0 Å². The maximum atomic E-state index is 12.8. The van der Waals surface area contributed by atoms with Gasteiger partial charge in [-0.25, -0.2) is 9.97 Å². The molecule has 1 amide bonds. The van der Waals surface area contributed by atoms with Crippen molar-refractivity contribution in [3.63, 3.8) is 0 Å². The molecular weight excluding hydrogens is 432 g/mol. The maximum absolute atomic E-state index is 12.8. The summed E-state index contributed by atoms with van der Waals surface area (Å²) in [6, 6.07) is 5.47. The number of hydrogen-bond donors (Lipinski definition) is 1. The number of anilines is 2. The molecular formula is C22H25ClN6O3. The minimum atomic E-state index is -0.0506. The number of amides is 1. The Morgan fingerprint density at radius 1 is 1.25 bits per heavy atom. The van der Waals surface area contributed by atoms with Gasteiger partial charge < -0.3 is 19.7 Å². The minimum Gasteiger partial charge on any atom is -0.495 e. The lowest BCUT2D eigenvalue weighted by atomic mass is 10.1. The van der Waals surface area contributed by atoms with E-state index in [1.54, 1.807) is 42.6 Å². The van der Waals surface area contributed by atoms with Crippen molar-refractivity contribution in [2.24, 2.45) is 0 Å². The third-order valence-corrected chi connectivity index (χ3v) is 5.42. The van der Waals surface area contributed by atoms with Crippen LogP contribution in [0.3, 0.4) is 0 Å². The van der Waals surface area contributed by atoms with Crippen LogP contribution >= 0.6 is 11.6 Å². The minimum absolute atomic E-state index is 0.0506. The van der Waals surface area contributed by atoms with Gasteiger partial charge in [0.2, 0.25) is 5.95 Å². The Hall–Kier alpha value is -3.17. The van der Waals surface area contributed by atoms with Crippen LogP contribution in [0.1, 0.15) is 30.2 Å². The predicted molar refractivity (Wildman–Crippen MR) is 122 cm³/mol. The van der Waals surface area contributed by atoms with Gasteiger partial charge in [0.25, 0.3) is 5.91 Å². The van der Waals surface area contributed by atoms with Gasteiger partial charge in [0.05, 0.1) is 49.1 Å². The van der Waals surface area contributed by atoms with E-state index in [-0.39, 0.29) is 11.9 Å². The van der Waals surface area contributed by atoms with E-state index >= 15 is 0 Å². The van der Waals surface area contributed by atoms with E-state index in [2.05, 4.69) is 20.4 Å². The highest BCUT2D eigenvalue weighted by molar-refractivity contribution is 6.32. The molecule has 3 heterocycles. The van der Waals surface area contributed by atoms with Crippen LogP contribution in [0.5, 0.6) is 5.75 Å². The van der Waals surface area contributed by atoms with E-state index in [1.165, 1.54) is 0 Å². The first-order valence-corrected chi connectivity index (χ1v) is 10.7. The first kappa shape index (κ1) is 22.0. The Morgan fingerprint density at radius 2 is 2.03 bits per heavy atom. The summed E-state index contributed by atoms with van der Waals surface area (Å²) in [4.78, 5) is 23.4. The molecule has 4 rings (SSSR count). The van der Waals surface area contributed by atoms with Gasteiger partial charge in [0.15, 0.2) is 0 Å². The number of hydrogen-bond acceptors (Lipinski definition) is 7. The monoisotopic (exact) mass is 456 g/mol. The van der Waals surface area contributed by atoms with Gasteiger partial charge in [-0.05, 0) is 32.0 Å². The number of carbonyl (C=O) groups excluding carboxylic acids is 1. The number of nitrogens with zero attached hydrogens (tertiary/aromatic N) is 5. The smallest absolute Gasteiger partial charge is 0.254 e. The van der Waals surface area contributed by atoms with Crippen LogP contribution < -0.4 is 10.1 Å². The number of benzene rings is 1. The molecule has 1 fully saturated rings. The molecule has 9 nitrogen and oxygen atoms in total. The number of aromatic nitrogens is 4. The predicted octanol–water partition coefficient (Wildman–Crippen LogP) is 3.80. The molecule has 0 spiro atoms. The third kappa shape index (κ3) is 4.68. The molecule has 0 aliphatic carbocycles. The molecule has 3 aromatic rings. The van der Waals surface area contributed by atoms with Crippen molar-refractivity contribution >= 4 is 29.1 Å². The molecule has 168 valence electrons. The molecule has 0 radical (unpaired) electrons. The van der Waals surface area contributed by atoms with Gasteiger partial charge in [0.1, 0.15) is 5.75 Å². The Morgan fingerprint density at radius 3 is 2.72 bits per heavy atom. The van der Waals surface area contributed by atoms with Crippen molar-refractivity contribution in [3.05, 3.63) is 47.4 Å². The van der Waals surface area contributed by atoms with Crippen LogP contribution in [-0.4, -0.2) is 64.0 Å². The fraction of sp³-hybridized carbons (Fsp3) is 0.364. The van der Waals surface area contributed by atoms with Crippen LogP contribution in [0.25, 0.3) is 11.3 Å². The highest BCUT2D eigenvalue weighted by Crippen LogP contribution is 2.31. The van der Waals surface area contributed by atoms with Crippen molar-refractivity contribution in [1.82, 2.24) is 24.6 Å². The third-order valence-electron chi connectivity index (χ3n) is 5.14. The molecule has 0 unspecified atom stereocenters. The SMILES string of the molecule is COc1cc(C(=O)N2CCOCC2)ccc1Nc1ncc(Cl)c(-c2cnn(C(C)C)c2)n1. The van der Waals surface area contributed by atoms with Gasteiger partial charge in [-0.3, -0.25) is 9.48 Å². The van der Waals surface area contributed by atoms with E-state index in [0.717, 1.165) is 5.56 Å². The molecule has 0 atom stereocenters. The van der Waals surface area contributed by atoms with Crippen LogP contribution in [0, 0.1) is 0 Å². The fourth-order valence-electron chi connectivity index (χ4n) is 3.37. The summed E-state index contributed by atoms with van der Waals surface area (Å²) in [5.74, 6) is 0.814. The van der Waals surface area contributed by atoms with Crippen molar-refractivity contribution in [2.45, 2.75) is 19.9 Å². The highest BCUT2D eigenvalue weighted by Gasteiger charge is 2.20. The summed E-state index contributed by atoms with van der Waals surface area (Å²) in [5.41, 5.74) is 2.56. The van der Waals surface area contributed by atoms with Crippen molar-refractivity contribution in [3.8, 4) is 17.0 Å². The molecule has 0 saturated carbocycles. The maximum Gasteiger partial charge on any atom is 0.254 e. The number of halogens is 1. The zero-order valence-corrected chi connectivity index (χ0v) is 19.0. The van der Waals surface area contributed by atoms with Gasteiger partial charge in [-0.2, -0.15) is 5.10 Å². The summed E-state index contributed by atoms with van der Waals surface area (Å²) >= 11 is 6.35. The number of morpholine rings is 1. The van der Waals surface area contributed by atoms with Crippen LogP contribution in [0.15, 0.2) is 36.8 Å². The van der Waals surface area contributed by atoms with Crippen molar-refractivity contribution in [1.29, 1.82) is 0 Å². The zero-order valence-electron chi connectivity index (χ0n) is 18.2. The lowest BCUT2D eigenvalue weighted by molar-refractivity contribution is 0.0302. The topological polar surface area (TPSA) is 94.4 Å². The van der Waals surface area contributed by atoms with E-state index in [1.807, 2.05) is 24.7 Å². The Labute approximate surface area is 191 Å². The van der Waals surface area contributed by atoms with E-state index in [0.29, 0.717) is 60.0 Å². The molecule has 0 bridgehead atoms. The number of nitrogens with one attached hydrogen (secondary N) is 1. The average molecular weight is 457 g/mol. The second-order valence-electron chi connectivity index (χ2n) is 7.64. The summed E-state index contributed by atoms with van der Waals surface area (Å²) < 4.78 is 12.7. The molecule has 1 aromatic carbocycles. The molecule has 32 heavy (non-hydrogen) atoms. The van der Waals surface area contributed by atoms with Crippen molar-refractivity contribution < 1.29 is 14.3 Å². The largest absolute Gasteiger partial charge is 0.495 e. The standard InChI is InChI=1S/C22H25ClN6O3/c1-14(2)29-13-16(11-25-29)20-17(23)12-24-22(27-20)26-18-5-4-15(10-19(18)31-3)21(30)28-6-8-32-9-7-28/h4-5,10-14H,6-9H2,1-3H3,(H,24,26,27). The Bertz CT molecular complexity index is 1110. The Kier molecular flexibility index (Phi) is 6.57. The summed E-state index contributed by atoms with van der Waals surface area (Å²) in [7, 11) is 1.55. The zero-order chi connectivity index (χ0) is 22.7. The fourth-order valence-corrected chi connectivity index (χ4v) is 3.57. The lowest BCUT2D eigenvalue weighted by Gasteiger charge is -2.27. The second-order valence-corrected chi connectivity index (χ2v) is 8.04. The molecule has 2 aromatic heterocycles. The van der Waals surface area contributed by atoms with E-state index in [9.17, 15) is 4.79 Å². The molecule has 1 saturated heterocycles. The number of carbonyl (C=O) groups is 1. The van der Waals surface area contributed by atoms with Gasteiger partial charge in [-0.1, -0.05) is 11.6 Å². The summed E-state index contributed by atoms with van der Waals surface area (Å²) in [6.07, 6.45) is 5.17. The quantitative estimate of drug-likeness (QED) is 0.602. The molecule has 10 heteroatoms. The van der Waals surface area contributed by atoms with E-state index in [4.69, 9.17) is 21.1 Å².